The Kier molecular flexibility index (Phi) is 5.78. The molecule has 176 valence electrons. The van der Waals surface area contributed by atoms with Crippen LogP contribution in [0.15, 0.2) is 58.2 Å². The predicted molar refractivity (Wildman–Crippen MR) is 128 cm³/mol. The Morgan fingerprint density at radius 2 is 1.91 bits per heavy atom. The highest BCUT2D eigenvalue weighted by molar-refractivity contribution is 7.89. The first-order valence-corrected chi connectivity index (χ1v) is 12.7. The average Bonchev–Trinajstić information content (AvgIpc) is 3.25. The maximum Gasteiger partial charge on any atom is 0.281 e. The van der Waals surface area contributed by atoms with Crippen molar-refractivity contribution in [3.63, 3.8) is 0 Å². The van der Waals surface area contributed by atoms with Gasteiger partial charge in [-0.2, -0.15) is 4.31 Å². The number of aromatic nitrogens is 5. The van der Waals surface area contributed by atoms with E-state index in [1.807, 2.05) is 13.8 Å². The van der Waals surface area contributed by atoms with Gasteiger partial charge in [-0.1, -0.05) is 47.2 Å². The first kappa shape index (κ1) is 22.4. The third-order valence-corrected chi connectivity index (χ3v) is 8.25. The number of nitrogens with one attached hydrogen (secondary N) is 1. The summed E-state index contributed by atoms with van der Waals surface area (Å²) in [5, 5.41) is 8.23. The summed E-state index contributed by atoms with van der Waals surface area (Å²) in [6.07, 6.45) is 1.41. The molecule has 5 rings (SSSR count). The number of nitrogens with zero attached hydrogens (tertiary/aromatic N) is 5. The van der Waals surface area contributed by atoms with Gasteiger partial charge in [0.25, 0.3) is 5.56 Å². The van der Waals surface area contributed by atoms with E-state index in [2.05, 4.69) is 33.5 Å². The standard InChI is InChI=1S/C24H26N6O3S/c1-16-10-11-17(2)19(13-16)15-30-23-21(27-28-30)24(31)26-22(25-23)18-7-6-12-29(14-18)34(32,33)20-8-4-3-5-9-20/h3-5,8-11,13,18H,6-7,12,14-15H2,1-2H3,(H,25,26,31)/t18-/m1/s1. The predicted octanol–water partition coefficient (Wildman–Crippen LogP) is 2.75. The van der Waals surface area contributed by atoms with Crippen molar-refractivity contribution < 1.29 is 8.42 Å². The molecule has 0 spiro atoms. The molecule has 0 bridgehead atoms. The molecule has 4 aromatic rings. The summed E-state index contributed by atoms with van der Waals surface area (Å²) in [6, 6.07) is 14.6. The highest BCUT2D eigenvalue weighted by atomic mass is 32.2. The molecule has 0 saturated carbocycles. The molecule has 0 aliphatic carbocycles. The van der Waals surface area contributed by atoms with Crippen LogP contribution in [0.4, 0.5) is 0 Å². The fourth-order valence-corrected chi connectivity index (χ4v) is 5.99. The minimum Gasteiger partial charge on any atom is -0.308 e. The van der Waals surface area contributed by atoms with Gasteiger partial charge in [-0.05, 0) is 49.9 Å². The summed E-state index contributed by atoms with van der Waals surface area (Å²) < 4.78 is 29.4. The number of aryl methyl sites for hydroxylation is 2. The summed E-state index contributed by atoms with van der Waals surface area (Å²) in [5.74, 6) is 0.239. The number of fused-ring (bicyclic) bond motifs is 1. The Bertz CT molecular complexity index is 1510. The lowest BCUT2D eigenvalue weighted by Crippen LogP contribution is -2.39. The third kappa shape index (κ3) is 4.14. The van der Waals surface area contributed by atoms with Gasteiger partial charge in [-0.15, -0.1) is 5.10 Å². The van der Waals surface area contributed by atoms with Crippen LogP contribution in [-0.4, -0.2) is 50.8 Å². The lowest BCUT2D eigenvalue weighted by Gasteiger charge is -2.31. The van der Waals surface area contributed by atoms with Gasteiger partial charge in [0.1, 0.15) is 5.82 Å². The molecule has 1 fully saturated rings. The van der Waals surface area contributed by atoms with Crippen LogP contribution >= 0.6 is 0 Å². The fourth-order valence-electron chi connectivity index (χ4n) is 4.44. The average molecular weight is 479 g/mol. The van der Waals surface area contributed by atoms with Crippen LogP contribution in [0.1, 0.15) is 41.3 Å². The second-order valence-electron chi connectivity index (χ2n) is 8.82. The zero-order valence-corrected chi connectivity index (χ0v) is 19.9. The molecule has 34 heavy (non-hydrogen) atoms. The molecule has 0 amide bonds. The first-order valence-electron chi connectivity index (χ1n) is 11.3. The molecule has 1 aliphatic rings. The van der Waals surface area contributed by atoms with Crippen molar-refractivity contribution in [2.45, 2.75) is 44.0 Å². The van der Waals surface area contributed by atoms with Gasteiger partial charge in [0.15, 0.2) is 11.2 Å². The van der Waals surface area contributed by atoms with Crippen LogP contribution in [0.25, 0.3) is 11.2 Å². The first-order chi connectivity index (χ1) is 16.3. The minimum atomic E-state index is -3.62. The Morgan fingerprint density at radius 3 is 2.71 bits per heavy atom. The Balaban J connectivity index is 1.47. The van der Waals surface area contributed by atoms with E-state index < -0.39 is 10.0 Å². The minimum absolute atomic E-state index is 0.179. The number of rotatable bonds is 5. The zero-order valence-electron chi connectivity index (χ0n) is 19.1. The molecule has 3 heterocycles. The van der Waals surface area contributed by atoms with Crippen LogP contribution in [-0.2, 0) is 16.6 Å². The molecular formula is C24H26N6O3S. The molecule has 0 radical (unpaired) electrons. The van der Waals surface area contributed by atoms with Crippen LogP contribution in [0.3, 0.4) is 0 Å². The fraction of sp³-hybridized carbons (Fsp3) is 0.333. The van der Waals surface area contributed by atoms with E-state index in [1.54, 1.807) is 35.0 Å². The van der Waals surface area contributed by atoms with E-state index in [9.17, 15) is 13.2 Å². The van der Waals surface area contributed by atoms with Crippen molar-refractivity contribution in [2.24, 2.45) is 0 Å². The van der Waals surface area contributed by atoms with Gasteiger partial charge >= 0.3 is 0 Å². The molecule has 1 aliphatic heterocycles. The van der Waals surface area contributed by atoms with E-state index in [-0.39, 0.29) is 28.4 Å². The third-order valence-electron chi connectivity index (χ3n) is 6.37. The van der Waals surface area contributed by atoms with Gasteiger partial charge in [-0.25, -0.2) is 18.1 Å². The van der Waals surface area contributed by atoms with E-state index >= 15 is 0 Å². The monoisotopic (exact) mass is 478 g/mol. The van der Waals surface area contributed by atoms with Crippen LogP contribution < -0.4 is 5.56 Å². The molecule has 1 atom stereocenters. The molecule has 10 heteroatoms. The number of sulfonamides is 1. The van der Waals surface area contributed by atoms with Gasteiger partial charge in [-0.3, -0.25) is 4.79 Å². The second kappa shape index (κ2) is 8.77. The number of H-pyrrole nitrogens is 1. The topological polar surface area (TPSA) is 114 Å². The van der Waals surface area contributed by atoms with Gasteiger partial charge in [0.2, 0.25) is 10.0 Å². The van der Waals surface area contributed by atoms with Crippen molar-refractivity contribution >= 4 is 21.2 Å². The second-order valence-corrected chi connectivity index (χ2v) is 10.8. The van der Waals surface area contributed by atoms with Crippen LogP contribution in [0, 0.1) is 13.8 Å². The van der Waals surface area contributed by atoms with Gasteiger partial charge < -0.3 is 4.98 Å². The van der Waals surface area contributed by atoms with Crippen molar-refractivity contribution in [2.75, 3.05) is 13.1 Å². The van der Waals surface area contributed by atoms with Crippen molar-refractivity contribution in [3.05, 3.63) is 81.4 Å². The number of benzene rings is 2. The molecule has 9 nitrogen and oxygen atoms in total. The Morgan fingerprint density at radius 1 is 1.12 bits per heavy atom. The number of hydrogen-bond acceptors (Lipinski definition) is 6. The van der Waals surface area contributed by atoms with E-state index in [0.717, 1.165) is 23.1 Å². The number of hydrogen-bond donors (Lipinski definition) is 1. The van der Waals surface area contributed by atoms with Crippen LogP contribution in [0.5, 0.6) is 0 Å². The summed E-state index contributed by atoms with van der Waals surface area (Å²) >= 11 is 0. The molecule has 2 aromatic carbocycles. The van der Waals surface area contributed by atoms with Gasteiger partial charge in [0, 0.05) is 19.0 Å². The molecule has 1 saturated heterocycles. The summed E-state index contributed by atoms with van der Waals surface area (Å²) in [6.45, 7) is 5.20. The molecule has 2 aromatic heterocycles. The molecular weight excluding hydrogens is 452 g/mol. The zero-order chi connectivity index (χ0) is 23.9. The van der Waals surface area contributed by atoms with Crippen molar-refractivity contribution in [1.82, 2.24) is 29.3 Å². The largest absolute Gasteiger partial charge is 0.308 e. The normalized spacial score (nSPS) is 17.3. The summed E-state index contributed by atoms with van der Waals surface area (Å²) in [5.41, 5.74) is 3.55. The van der Waals surface area contributed by atoms with Crippen molar-refractivity contribution in [3.8, 4) is 0 Å². The molecule has 1 N–H and O–H groups in total. The Hall–Kier alpha value is -3.37. The van der Waals surface area contributed by atoms with Crippen molar-refractivity contribution in [1.29, 1.82) is 0 Å². The van der Waals surface area contributed by atoms with Gasteiger partial charge in [0.05, 0.1) is 11.4 Å². The highest BCUT2D eigenvalue weighted by Crippen LogP contribution is 2.28. The molecule has 0 unspecified atom stereocenters. The van der Waals surface area contributed by atoms with E-state index in [4.69, 9.17) is 4.98 Å². The highest BCUT2D eigenvalue weighted by Gasteiger charge is 2.32. The lowest BCUT2D eigenvalue weighted by molar-refractivity contribution is 0.309. The SMILES string of the molecule is Cc1ccc(C)c(Cn2nnc3c(=O)[nH]c([C@@H]4CCCN(S(=O)(=O)c5ccccc5)C4)nc32)c1. The number of piperidine rings is 1. The van der Waals surface area contributed by atoms with E-state index in [0.29, 0.717) is 31.0 Å². The summed E-state index contributed by atoms with van der Waals surface area (Å²) in [4.78, 5) is 20.6. The smallest absolute Gasteiger partial charge is 0.281 e. The lowest BCUT2D eigenvalue weighted by atomic mass is 9.99. The maximum absolute atomic E-state index is 13.1. The summed E-state index contributed by atoms with van der Waals surface area (Å²) in [7, 11) is -3.62. The maximum atomic E-state index is 13.1. The van der Waals surface area contributed by atoms with Crippen LogP contribution in [0.2, 0.25) is 0 Å². The Labute approximate surface area is 197 Å². The van der Waals surface area contributed by atoms with E-state index in [1.165, 1.54) is 4.31 Å². The quantitative estimate of drug-likeness (QED) is 0.472. The number of aromatic amines is 1.